The summed E-state index contributed by atoms with van der Waals surface area (Å²) in [5, 5.41) is 9.74. The highest BCUT2D eigenvalue weighted by Crippen LogP contribution is 2.41. The van der Waals surface area contributed by atoms with E-state index in [0.717, 1.165) is 0 Å². The second kappa shape index (κ2) is 5.89. The van der Waals surface area contributed by atoms with Crippen molar-refractivity contribution in [2.75, 3.05) is 0 Å². The molecule has 0 fully saturated rings. The molecule has 4 heteroatoms. The van der Waals surface area contributed by atoms with Crippen molar-refractivity contribution in [1.82, 2.24) is 0 Å². The van der Waals surface area contributed by atoms with Crippen molar-refractivity contribution >= 4 is 5.78 Å². The molecule has 0 radical (unpaired) electrons. The predicted octanol–water partition coefficient (Wildman–Crippen LogP) is 4.52. The third kappa shape index (κ3) is 4.76. The van der Waals surface area contributed by atoms with Crippen molar-refractivity contribution < 1.29 is 14.6 Å². The summed E-state index contributed by atoms with van der Waals surface area (Å²) < 4.78 is 0. The van der Waals surface area contributed by atoms with Gasteiger partial charge in [-0.05, 0) is 43.8 Å². The zero-order chi connectivity index (χ0) is 18.3. The van der Waals surface area contributed by atoms with Crippen LogP contribution in [0.25, 0.3) is 0 Å². The quantitative estimate of drug-likeness (QED) is 0.554. The van der Waals surface area contributed by atoms with E-state index < -0.39 is 22.0 Å². The van der Waals surface area contributed by atoms with Crippen LogP contribution < -0.4 is 0 Å². The number of hydrogen-bond donors (Lipinski definition) is 0. The highest BCUT2D eigenvalue weighted by molar-refractivity contribution is 6.11. The second-order valence-corrected chi connectivity index (χ2v) is 9.13. The van der Waals surface area contributed by atoms with Gasteiger partial charge in [-0.15, -0.1) is 0 Å². The summed E-state index contributed by atoms with van der Waals surface area (Å²) >= 11 is 0. The minimum atomic E-state index is -1.40. The fourth-order valence-corrected chi connectivity index (χ4v) is 2.19. The van der Waals surface area contributed by atoms with Gasteiger partial charge in [0.15, 0.2) is 5.78 Å². The summed E-state index contributed by atoms with van der Waals surface area (Å²) in [4.78, 5) is 23.8. The topological polar surface area (TPSA) is 59.3 Å². The van der Waals surface area contributed by atoms with Crippen LogP contribution in [0, 0.1) is 22.2 Å². The fraction of sp³-hybridized carbons (Fsp3) is 0.684. The van der Waals surface area contributed by atoms with Crippen LogP contribution in [0.4, 0.5) is 0 Å². The molecule has 0 saturated carbocycles. The van der Waals surface area contributed by atoms with Crippen LogP contribution in [0.5, 0.6) is 0 Å². The molecule has 0 aromatic carbocycles. The van der Waals surface area contributed by atoms with Gasteiger partial charge >= 0.3 is 0 Å². The molecule has 0 aromatic rings. The molecule has 0 unspecified atom stereocenters. The lowest BCUT2D eigenvalue weighted by molar-refractivity contribution is -0.372. The minimum absolute atomic E-state index is 0.0322. The van der Waals surface area contributed by atoms with E-state index in [1.54, 1.807) is 12.2 Å². The Morgan fingerprint density at radius 1 is 0.913 bits per heavy atom. The molecule has 0 bridgehead atoms. The number of nitrogens with zero attached hydrogens (tertiary/aromatic N) is 1. The minimum Gasteiger partial charge on any atom is -0.289 e. The van der Waals surface area contributed by atoms with Crippen LogP contribution >= 0.6 is 0 Å². The summed E-state index contributed by atoms with van der Waals surface area (Å²) in [5.74, 6) is -0.0322. The first-order valence-electron chi connectivity index (χ1n) is 7.91. The normalized spacial score (nSPS) is 19.0. The number of allylic oxidation sites excluding steroid dienone is 2. The average Bonchev–Trinajstić information content (AvgIpc) is 2.34. The highest BCUT2D eigenvalue weighted by Gasteiger charge is 2.43. The van der Waals surface area contributed by atoms with Crippen LogP contribution in [0.15, 0.2) is 23.3 Å². The van der Waals surface area contributed by atoms with Crippen molar-refractivity contribution in [2.24, 2.45) is 10.8 Å². The Labute approximate surface area is 140 Å². The molecule has 0 aromatic heterocycles. The first-order chi connectivity index (χ1) is 10.1. The van der Waals surface area contributed by atoms with Gasteiger partial charge in [0.25, 0.3) is 0 Å². The largest absolute Gasteiger partial charge is 0.289 e. The van der Waals surface area contributed by atoms with E-state index in [0.29, 0.717) is 11.1 Å². The van der Waals surface area contributed by atoms with Crippen LogP contribution in [-0.2, 0) is 14.6 Å². The van der Waals surface area contributed by atoms with Crippen molar-refractivity contribution in [3.8, 4) is 6.07 Å². The molecule has 0 N–H and O–H groups in total. The number of Topliss-reactive ketones (excluding diaryl/α,β-unsaturated/α-hetero) is 1. The molecule has 0 heterocycles. The summed E-state index contributed by atoms with van der Waals surface area (Å²) in [6.45, 7) is 17.2. The molecule has 0 atom stereocenters. The van der Waals surface area contributed by atoms with Crippen molar-refractivity contribution in [3.63, 3.8) is 0 Å². The van der Waals surface area contributed by atoms with Crippen LogP contribution in [-0.4, -0.2) is 17.0 Å². The summed E-state index contributed by atoms with van der Waals surface area (Å²) in [6.07, 6.45) is 3.19. The molecule has 0 aliphatic heterocycles. The number of ketones is 1. The summed E-state index contributed by atoms with van der Waals surface area (Å²) in [7, 11) is 0. The van der Waals surface area contributed by atoms with Gasteiger partial charge in [-0.2, -0.15) is 5.26 Å². The molecule has 23 heavy (non-hydrogen) atoms. The molecule has 0 amide bonds. The van der Waals surface area contributed by atoms with Crippen LogP contribution in [0.3, 0.4) is 0 Å². The SMILES string of the molecule is CC(C)(C)OOC1(C#N)C=C(C(C)(C)C)C(=O)C(C(C)(C)C)=C1. The lowest BCUT2D eigenvalue weighted by Crippen LogP contribution is -2.39. The van der Waals surface area contributed by atoms with Crippen LogP contribution in [0.1, 0.15) is 62.3 Å². The molecule has 0 saturated heterocycles. The Kier molecular flexibility index (Phi) is 5.02. The van der Waals surface area contributed by atoms with Gasteiger partial charge in [-0.25, -0.2) is 9.78 Å². The Balaban J connectivity index is 3.47. The third-order valence-electron chi connectivity index (χ3n) is 3.43. The van der Waals surface area contributed by atoms with Gasteiger partial charge in [0, 0.05) is 11.1 Å². The van der Waals surface area contributed by atoms with Crippen LogP contribution in [0.2, 0.25) is 0 Å². The van der Waals surface area contributed by atoms with Gasteiger partial charge in [0.05, 0.1) is 5.60 Å². The Hall–Kier alpha value is -1.44. The number of carbonyl (C=O) groups excluding carboxylic acids is 1. The Morgan fingerprint density at radius 2 is 1.30 bits per heavy atom. The molecule has 1 aliphatic carbocycles. The van der Waals surface area contributed by atoms with E-state index >= 15 is 0 Å². The number of carbonyl (C=O) groups is 1. The lowest BCUT2D eigenvalue weighted by atomic mass is 9.70. The maximum absolute atomic E-state index is 12.9. The monoisotopic (exact) mass is 319 g/mol. The van der Waals surface area contributed by atoms with E-state index in [-0.39, 0.29) is 5.78 Å². The van der Waals surface area contributed by atoms with Gasteiger partial charge in [0.2, 0.25) is 5.60 Å². The molecular formula is C19H29NO3. The number of hydrogen-bond acceptors (Lipinski definition) is 4. The Bertz CT molecular complexity index is 550. The predicted molar refractivity (Wildman–Crippen MR) is 90.4 cm³/mol. The van der Waals surface area contributed by atoms with E-state index in [2.05, 4.69) is 6.07 Å². The fourth-order valence-electron chi connectivity index (χ4n) is 2.19. The maximum atomic E-state index is 12.9. The maximum Gasteiger partial charge on any atom is 0.226 e. The number of rotatable bonds is 2. The van der Waals surface area contributed by atoms with Gasteiger partial charge in [-0.1, -0.05) is 41.5 Å². The van der Waals surface area contributed by atoms with Crippen molar-refractivity contribution in [3.05, 3.63) is 23.3 Å². The van der Waals surface area contributed by atoms with E-state index in [1.807, 2.05) is 62.3 Å². The first kappa shape index (κ1) is 19.6. The zero-order valence-corrected chi connectivity index (χ0v) is 15.8. The van der Waals surface area contributed by atoms with Gasteiger partial charge in [-0.3, -0.25) is 4.79 Å². The highest BCUT2D eigenvalue weighted by atomic mass is 17.2. The Morgan fingerprint density at radius 3 is 1.57 bits per heavy atom. The molecular weight excluding hydrogens is 290 g/mol. The second-order valence-electron chi connectivity index (χ2n) is 9.13. The third-order valence-corrected chi connectivity index (χ3v) is 3.43. The molecule has 1 rings (SSSR count). The molecule has 1 aliphatic rings. The first-order valence-corrected chi connectivity index (χ1v) is 7.91. The molecule has 0 spiro atoms. The van der Waals surface area contributed by atoms with Gasteiger partial charge in [0.1, 0.15) is 6.07 Å². The van der Waals surface area contributed by atoms with E-state index in [9.17, 15) is 10.1 Å². The molecule has 128 valence electrons. The zero-order valence-electron chi connectivity index (χ0n) is 15.8. The standard InChI is InChI=1S/C19H29NO3/c1-16(2,3)13-10-19(12-20,23-22-18(7,8)9)11-14(15(13)21)17(4,5)6/h10-11H,1-9H3. The van der Waals surface area contributed by atoms with Crippen molar-refractivity contribution in [1.29, 1.82) is 5.26 Å². The smallest absolute Gasteiger partial charge is 0.226 e. The van der Waals surface area contributed by atoms with E-state index in [4.69, 9.17) is 9.78 Å². The van der Waals surface area contributed by atoms with E-state index in [1.165, 1.54) is 0 Å². The molecule has 4 nitrogen and oxygen atoms in total. The lowest BCUT2D eigenvalue weighted by Gasteiger charge is -2.36. The summed E-state index contributed by atoms with van der Waals surface area (Å²) in [5.41, 5.74) is -1.60. The average molecular weight is 319 g/mol. The summed E-state index contributed by atoms with van der Waals surface area (Å²) in [6, 6.07) is 2.16. The van der Waals surface area contributed by atoms with Crippen molar-refractivity contribution in [2.45, 2.75) is 73.5 Å². The number of nitriles is 1. The van der Waals surface area contributed by atoms with Gasteiger partial charge < -0.3 is 0 Å².